The Kier molecular flexibility index (Phi) is 7.96. The Morgan fingerprint density at radius 3 is 1.96 bits per heavy atom. The highest BCUT2D eigenvalue weighted by atomic mass is 32.1. The van der Waals surface area contributed by atoms with Gasteiger partial charge in [0.05, 0.1) is 29.6 Å². The summed E-state index contributed by atoms with van der Waals surface area (Å²) in [4.78, 5) is 35.9. The fraction of sp³-hybridized carbons (Fsp3) is 0.733. The number of ketones is 2. The maximum absolute atomic E-state index is 12.5. The van der Waals surface area contributed by atoms with Crippen LogP contribution in [0.2, 0.25) is 0 Å². The first kappa shape index (κ1) is 21.6. The third-order valence-electron chi connectivity index (χ3n) is 3.60. The molecule has 0 aliphatic carbocycles. The van der Waals surface area contributed by atoms with E-state index in [0.717, 1.165) is 7.11 Å². The van der Waals surface area contributed by atoms with Crippen molar-refractivity contribution in [2.24, 2.45) is 23.3 Å². The molecule has 3 atom stereocenters. The van der Waals surface area contributed by atoms with Crippen LogP contribution < -0.4 is 16.8 Å². The highest BCUT2D eigenvalue weighted by Gasteiger charge is 2.39. The average Bonchev–Trinajstić information content (AvgIpc) is 2.42. The molecule has 132 valence electrons. The van der Waals surface area contributed by atoms with Gasteiger partial charge in [-0.1, -0.05) is 26.1 Å². The zero-order chi connectivity index (χ0) is 18.5. The molecular weight excluding hydrogens is 318 g/mol. The number of methoxy groups -OCH3 is 1. The summed E-state index contributed by atoms with van der Waals surface area (Å²) in [6.45, 7) is 8.33. The minimum absolute atomic E-state index is 0.00981. The molecule has 0 radical (unpaired) electrons. The summed E-state index contributed by atoms with van der Waals surface area (Å²) in [7, 11) is 1.16. The molecule has 8 heteroatoms. The zero-order valence-electron chi connectivity index (χ0n) is 14.5. The van der Waals surface area contributed by atoms with Crippen molar-refractivity contribution in [2.45, 2.75) is 52.2 Å². The summed E-state index contributed by atoms with van der Waals surface area (Å²) in [5.41, 5.74) is 10.2. The van der Waals surface area contributed by atoms with E-state index in [1.54, 1.807) is 13.8 Å². The van der Waals surface area contributed by atoms with E-state index in [2.05, 4.69) is 10.1 Å². The molecule has 0 spiro atoms. The van der Waals surface area contributed by atoms with Crippen molar-refractivity contribution in [3.8, 4) is 0 Å². The molecule has 0 amide bonds. The monoisotopic (exact) mass is 345 g/mol. The lowest BCUT2D eigenvalue weighted by molar-refractivity contribution is -0.144. The van der Waals surface area contributed by atoms with Crippen molar-refractivity contribution >= 4 is 34.7 Å². The normalized spacial score (nSPS) is 15.5. The standard InChI is InChI=1S/C15H27N3O4S/c1-7(2)9(8(3)19)13(23)18-15(4,5)12(20)10(16)11(17)14(21)22-6/h7,9-11H,16-17H2,1-6H3,(H,18,23)/t9-,10?,11?/m0/s1. The van der Waals surface area contributed by atoms with E-state index in [4.69, 9.17) is 23.7 Å². The van der Waals surface area contributed by atoms with E-state index >= 15 is 0 Å². The highest BCUT2D eigenvalue weighted by molar-refractivity contribution is 7.80. The maximum Gasteiger partial charge on any atom is 0.324 e. The lowest BCUT2D eigenvalue weighted by Crippen LogP contribution is -2.62. The second-order valence-corrected chi connectivity index (χ2v) is 6.83. The second kappa shape index (κ2) is 8.47. The topological polar surface area (TPSA) is 125 Å². The first-order chi connectivity index (χ1) is 10.4. The Morgan fingerprint density at radius 1 is 1.13 bits per heavy atom. The van der Waals surface area contributed by atoms with Gasteiger partial charge in [-0.2, -0.15) is 0 Å². The molecular formula is C15H27N3O4S. The first-order valence-corrected chi connectivity index (χ1v) is 7.73. The smallest absolute Gasteiger partial charge is 0.324 e. The molecule has 23 heavy (non-hydrogen) atoms. The third-order valence-corrected chi connectivity index (χ3v) is 3.96. The maximum atomic E-state index is 12.5. The number of rotatable bonds is 8. The number of Topliss-reactive ketones (excluding diaryl/α,β-unsaturated/α-hetero) is 2. The molecule has 0 saturated carbocycles. The number of thiocarbonyl (C=S) groups is 1. The Hall–Kier alpha value is -1.38. The fourth-order valence-corrected chi connectivity index (χ4v) is 2.96. The number of carbonyl (C=O) groups excluding carboxylic acids is 3. The van der Waals surface area contributed by atoms with Gasteiger partial charge in [-0.15, -0.1) is 0 Å². The van der Waals surface area contributed by atoms with Gasteiger partial charge in [-0.05, 0) is 26.7 Å². The number of ether oxygens (including phenoxy) is 1. The van der Waals surface area contributed by atoms with Crippen LogP contribution in [0.15, 0.2) is 0 Å². The van der Waals surface area contributed by atoms with Crippen molar-refractivity contribution in [2.75, 3.05) is 7.11 Å². The van der Waals surface area contributed by atoms with Crippen LogP contribution in [0.1, 0.15) is 34.6 Å². The lowest BCUT2D eigenvalue weighted by Gasteiger charge is -2.32. The molecule has 0 aliphatic heterocycles. The summed E-state index contributed by atoms with van der Waals surface area (Å²) in [5.74, 6) is -1.86. The molecule has 0 fully saturated rings. The minimum atomic E-state index is -1.27. The number of nitrogens with one attached hydrogen (secondary N) is 1. The molecule has 0 heterocycles. The van der Waals surface area contributed by atoms with E-state index in [0.29, 0.717) is 0 Å². The van der Waals surface area contributed by atoms with E-state index in [-0.39, 0.29) is 16.7 Å². The van der Waals surface area contributed by atoms with Crippen LogP contribution in [0.3, 0.4) is 0 Å². The predicted molar refractivity (Wildman–Crippen MR) is 91.8 cm³/mol. The van der Waals surface area contributed by atoms with Gasteiger partial charge >= 0.3 is 5.97 Å². The number of hydrogen-bond acceptors (Lipinski definition) is 7. The van der Waals surface area contributed by atoms with Crippen molar-refractivity contribution < 1.29 is 19.1 Å². The number of carbonyl (C=O) groups is 3. The molecule has 0 aromatic rings. The molecule has 0 aliphatic rings. The van der Waals surface area contributed by atoms with Gasteiger partial charge in [-0.3, -0.25) is 14.4 Å². The third kappa shape index (κ3) is 5.63. The molecule has 5 N–H and O–H groups in total. The Bertz CT molecular complexity index is 491. The largest absolute Gasteiger partial charge is 0.468 e. The van der Waals surface area contributed by atoms with Crippen molar-refractivity contribution in [3.05, 3.63) is 0 Å². The van der Waals surface area contributed by atoms with Gasteiger partial charge < -0.3 is 21.5 Å². The molecule has 0 aromatic carbocycles. The van der Waals surface area contributed by atoms with E-state index < -0.39 is 35.3 Å². The molecule has 0 saturated heterocycles. The number of nitrogens with two attached hydrogens (primary N) is 2. The van der Waals surface area contributed by atoms with Gasteiger partial charge in [-0.25, -0.2) is 0 Å². The summed E-state index contributed by atoms with van der Waals surface area (Å²) in [5, 5.41) is 2.88. The second-order valence-electron chi connectivity index (χ2n) is 6.39. The van der Waals surface area contributed by atoms with Crippen LogP contribution in [0, 0.1) is 11.8 Å². The summed E-state index contributed by atoms with van der Waals surface area (Å²) in [6, 6.07) is -2.52. The quantitative estimate of drug-likeness (QED) is 0.413. The van der Waals surface area contributed by atoms with Gasteiger partial charge in [0.1, 0.15) is 11.8 Å². The summed E-state index contributed by atoms with van der Waals surface area (Å²) in [6.07, 6.45) is 0. The zero-order valence-corrected chi connectivity index (χ0v) is 15.3. The van der Waals surface area contributed by atoms with E-state index in [1.165, 1.54) is 6.92 Å². The van der Waals surface area contributed by atoms with Crippen molar-refractivity contribution in [1.29, 1.82) is 0 Å². The number of esters is 1. The van der Waals surface area contributed by atoms with E-state index in [9.17, 15) is 14.4 Å². The van der Waals surface area contributed by atoms with Crippen LogP contribution in [0.25, 0.3) is 0 Å². The molecule has 0 rings (SSSR count). The van der Waals surface area contributed by atoms with Crippen molar-refractivity contribution in [1.82, 2.24) is 5.32 Å². The molecule has 0 aromatic heterocycles. The van der Waals surface area contributed by atoms with Crippen LogP contribution in [-0.4, -0.2) is 47.3 Å². The van der Waals surface area contributed by atoms with Gasteiger partial charge in [0.15, 0.2) is 5.78 Å². The number of hydrogen-bond donors (Lipinski definition) is 3. The van der Waals surface area contributed by atoms with Gasteiger partial charge in [0.2, 0.25) is 0 Å². The molecule has 0 bridgehead atoms. The van der Waals surface area contributed by atoms with Crippen molar-refractivity contribution in [3.63, 3.8) is 0 Å². The summed E-state index contributed by atoms with van der Waals surface area (Å²) >= 11 is 5.27. The molecule has 7 nitrogen and oxygen atoms in total. The van der Waals surface area contributed by atoms with Gasteiger partial charge in [0, 0.05) is 0 Å². The fourth-order valence-electron chi connectivity index (χ4n) is 2.27. The van der Waals surface area contributed by atoms with Gasteiger partial charge in [0.25, 0.3) is 0 Å². The molecule has 2 unspecified atom stereocenters. The average molecular weight is 345 g/mol. The lowest BCUT2D eigenvalue weighted by atomic mass is 9.87. The van der Waals surface area contributed by atoms with Crippen LogP contribution in [-0.2, 0) is 19.1 Å². The Balaban J connectivity index is 5.18. The predicted octanol–water partition coefficient (Wildman–Crippen LogP) is -0.0601. The van der Waals surface area contributed by atoms with Crippen LogP contribution in [0.5, 0.6) is 0 Å². The highest BCUT2D eigenvalue weighted by Crippen LogP contribution is 2.17. The Labute approximate surface area is 142 Å². The van der Waals surface area contributed by atoms with Crippen LogP contribution in [0.4, 0.5) is 0 Å². The summed E-state index contributed by atoms with van der Waals surface area (Å²) < 4.78 is 4.49. The minimum Gasteiger partial charge on any atom is -0.468 e. The van der Waals surface area contributed by atoms with Crippen LogP contribution >= 0.6 is 12.2 Å². The van der Waals surface area contributed by atoms with E-state index in [1.807, 2.05) is 13.8 Å². The first-order valence-electron chi connectivity index (χ1n) is 7.32. The Morgan fingerprint density at radius 2 is 1.61 bits per heavy atom. The SMILES string of the molecule is COC(=O)C(N)C(N)C(=O)C(C)(C)NC(=S)[C@H](C(C)=O)C(C)C.